The van der Waals surface area contributed by atoms with E-state index < -0.39 is 15.6 Å². The molecule has 110 valence electrons. The highest BCUT2D eigenvalue weighted by Crippen LogP contribution is 2.33. The first-order valence-electron chi connectivity index (χ1n) is 6.77. The van der Waals surface area contributed by atoms with Crippen LogP contribution in [-0.4, -0.2) is 80.0 Å². The van der Waals surface area contributed by atoms with E-state index in [0.717, 1.165) is 19.6 Å². The SMILES string of the molecule is CCN1CCN(C)C2(CCN(S(C)(=O)=O)CC2)C1=O. The van der Waals surface area contributed by atoms with Crippen LogP contribution in [0.1, 0.15) is 19.8 Å². The zero-order valence-electron chi connectivity index (χ0n) is 11.9. The standard InChI is InChI=1S/C12H23N3O3S/c1-4-14-10-9-13(2)12(11(14)16)5-7-15(8-6-12)19(3,17)18/h4-10H2,1-3H3. The Kier molecular flexibility index (Phi) is 3.90. The fourth-order valence-electron chi connectivity index (χ4n) is 3.13. The lowest BCUT2D eigenvalue weighted by atomic mass is 9.83. The van der Waals surface area contributed by atoms with Gasteiger partial charge in [-0.25, -0.2) is 12.7 Å². The predicted molar refractivity (Wildman–Crippen MR) is 73.3 cm³/mol. The molecule has 0 aromatic rings. The van der Waals surface area contributed by atoms with Crippen LogP contribution < -0.4 is 0 Å². The molecule has 1 spiro atoms. The fourth-order valence-corrected chi connectivity index (χ4v) is 3.97. The molecule has 0 aromatic carbocycles. The van der Waals surface area contributed by atoms with Gasteiger partial charge in [-0.1, -0.05) is 0 Å². The maximum Gasteiger partial charge on any atom is 0.243 e. The molecule has 7 heteroatoms. The lowest BCUT2D eigenvalue weighted by Crippen LogP contribution is -2.67. The topological polar surface area (TPSA) is 60.9 Å². The van der Waals surface area contributed by atoms with Gasteiger partial charge in [-0.2, -0.15) is 0 Å². The second kappa shape index (κ2) is 5.03. The summed E-state index contributed by atoms with van der Waals surface area (Å²) >= 11 is 0. The number of nitrogens with zero attached hydrogens (tertiary/aromatic N) is 3. The van der Waals surface area contributed by atoms with Crippen molar-refractivity contribution in [3.63, 3.8) is 0 Å². The molecule has 0 bridgehead atoms. The summed E-state index contributed by atoms with van der Waals surface area (Å²) in [5.74, 6) is 0.164. The number of piperazine rings is 1. The number of hydrogen-bond donors (Lipinski definition) is 0. The van der Waals surface area contributed by atoms with Gasteiger partial charge >= 0.3 is 0 Å². The summed E-state index contributed by atoms with van der Waals surface area (Å²) in [6.45, 7) is 5.22. The summed E-state index contributed by atoms with van der Waals surface area (Å²) in [5, 5.41) is 0. The molecular weight excluding hydrogens is 266 g/mol. The van der Waals surface area contributed by atoms with E-state index in [9.17, 15) is 13.2 Å². The summed E-state index contributed by atoms with van der Waals surface area (Å²) in [7, 11) is -1.17. The largest absolute Gasteiger partial charge is 0.340 e. The van der Waals surface area contributed by atoms with E-state index in [1.54, 1.807) is 0 Å². The van der Waals surface area contributed by atoms with Crippen molar-refractivity contribution in [2.24, 2.45) is 0 Å². The van der Waals surface area contributed by atoms with Crippen LogP contribution in [0.25, 0.3) is 0 Å². The summed E-state index contributed by atoms with van der Waals surface area (Å²) < 4.78 is 24.6. The van der Waals surface area contributed by atoms with Gasteiger partial charge in [0.05, 0.1) is 6.26 Å². The smallest absolute Gasteiger partial charge is 0.243 e. The third-order valence-electron chi connectivity index (χ3n) is 4.52. The number of rotatable bonds is 2. The molecule has 0 atom stereocenters. The minimum Gasteiger partial charge on any atom is -0.340 e. The number of piperidine rings is 1. The fraction of sp³-hybridized carbons (Fsp3) is 0.917. The monoisotopic (exact) mass is 289 g/mol. The van der Waals surface area contributed by atoms with Crippen molar-refractivity contribution in [2.45, 2.75) is 25.3 Å². The minimum absolute atomic E-state index is 0.164. The highest BCUT2D eigenvalue weighted by Gasteiger charge is 2.49. The molecule has 0 aliphatic carbocycles. The number of hydrogen-bond acceptors (Lipinski definition) is 4. The van der Waals surface area contributed by atoms with Gasteiger partial charge in [0, 0.05) is 32.7 Å². The number of carbonyl (C=O) groups excluding carboxylic acids is 1. The van der Waals surface area contributed by atoms with Crippen LogP contribution in [0.5, 0.6) is 0 Å². The van der Waals surface area contributed by atoms with Gasteiger partial charge in [-0.05, 0) is 26.8 Å². The Balaban J connectivity index is 2.17. The molecule has 2 aliphatic heterocycles. The Morgan fingerprint density at radius 1 is 1.16 bits per heavy atom. The quantitative estimate of drug-likeness (QED) is 0.692. The molecule has 1 amide bonds. The summed E-state index contributed by atoms with van der Waals surface area (Å²) in [6.07, 6.45) is 2.41. The Labute approximate surface area is 115 Å². The van der Waals surface area contributed by atoms with Crippen molar-refractivity contribution in [1.29, 1.82) is 0 Å². The molecule has 2 aliphatic rings. The van der Waals surface area contributed by atoms with Gasteiger partial charge in [-0.15, -0.1) is 0 Å². The minimum atomic E-state index is -3.15. The molecule has 0 radical (unpaired) electrons. The van der Waals surface area contributed by atoms with Crippen LogP contribution in [0, 0.1) is 0 Å². The van der Waals surface area contributed by atoms with Crippen molar-refractivity contribution >= 4 is 15.9 Å². The first-order valence-corrected chi connectivity index (χ1v) is 8.62. The van der Waals surface area contributed by atoms with Gasteiger partial charge < -0.3 is 4.90 Å². The third kappa shape index (κ3) is 2.51. The molecular formula is C12H23N3O3S. The molecule has 0 aromatic heterocycles. The zero-order valence-corrected chi connectivity index (χ0v) is 12.7. The van der Waals surface area contributed by atoms with Crippen LogP contribution in [-0.2, 0) is 14.8 Å². The summed E-state index contributed by atoms with van der Waals surface area (Å²) in [5.41, 5.74) is -0.491. The number of sulfonamides is 1. The van der Waals surface area contributed by atoms with Crippen LogP contribution in [0.3, 0.4) is 0 Å². The molecule has 0 unspecified atom stereocenters. The number of carbonyl (C=O) groups is 1. The van der Waals surface area contributed by atoms with E-state index in [0.29, 0.717) is 25.9 Å². The first-order chi connectivity index (χ1) is 8.81. The second-order valence-electron chi connectivity index (χ2n) is 5.50. The molecule has 6 nitrogen and oxygen atoms in total. The van der Waals surface area contributed by atoms with E-state index >= 15 is 0 Å². The maximum absolute atomic E-state index is 12.6. The Morgan fingerprint density at radius 3 is 2.21 bits per heavy atom. The maximum atomic E-state index is 12.6. The second-order valence-corrected chi connectivity index (χ2v) is 7.48. The Morgan fingerprint density at radius 2 is 1.74 bits per heavy atom. The first kappa shape index (κ1) is 14.7. The van der Waals surface area contributed by atoms with E-state index in [1.807, 2.05) is 18.9 Å². The van der Waals surface area contributed by atoms with Crippen molar-refractivity contribution in [1.82, 2.24) is 14.1 Å². The van der Waals surface area contributed by atoms with Gasteiger partial charge in [0.15, 0.2) is 0 Å². The van der Waals surface area contributed by atoms with Crippen molar-refractivity contribution in [3.05, 3.63) is 0 Å². The molecule has 19 heavy (non-hydrogen) atoms. The molecule has 0 saturated carbocycles. The molecule has 2 rings (SSSR count). The normalized spacial score (nSPS) is 26.1. The Bertz CT molecular complexity index is 455. The van der Waals surface area contributed by atoms with Gasteiger partial charge in [0.25, 0.3) is 0 Å². The molecule has 2 heterocycles. The van der Waals surface area contributed by atoms with Gasteiger partial charge in [-0.3, -0.25) is 9.69 Å². The molecule has 2 saturated heterocycles. The lowest BCUT2D eigenvalue weighted by Gasteiger charge is -2.51. The number of amides is 1. The third-order valence-corrected chi connectivity index (χ3v) is 5.82. The van der Waals surface area contributed by atoms with E-state index in [4.69, 9.17) is 0 Å². The highest BCUT2D eigenvalue weighted by atomic mass is 32.2. The van der Waals surface area contributed by atoms with Crippen molar-refractivity contribution in [3.8, 4) is 0 Å². The van der Waals surface area contributed by atoms with Crippen LogP contribution in [0.15, 0.2) is 0 Å². The lowest BCUT2D eigenvalue weighted by molar-refractivity contribution is -0.153. The number of likely N-dealkylation sites (N-methyl/N-ethyl adjacent to an activating group) is 2. The predicted octanol–water partition coefficient (Wildman–Crippen LogP) is -0.425. The Hall–Kier alpha value is -0.660. The molecule has 2 fully saturated rings. The van der Waals surface area contributed by atoms with E-state index in [2.05, 4.69) is 4.90 Å². The van der Waals surface area contributed by atoms with E-state index in [-0.39, 0.29) is 5.91 Å². The zero-order chi connectivity index (χ0) is 14.3. The van der Waals surface area contributed by atoms with Crippen LogP contribution in [0.2, 0.25) is 0 Å². The highest BCUT2D eigenvalue weighted by molar-refractivity contribution is 7.88. The van der Waals surface area contributed by atoms with Crippen LogP contribution >= 0.6 is 0 Å². The molecule has 0 N–H and O–H groups in total. The van der Waals surface area contributed by atoms with Crippen LogP contribution in [0.4, 0.5) is 0 Å². The van der Waals surface area contributed by atoms with E-state index in [1.165, 1.54) is 10.6 Å². The van der Waals surface area contributed by atoms with Gasteiger partial charge in [0.1, 0.15) is 5.54 Å². The van der Waals surface area contributed by atoms with Crippen molar-refractivity contribution in [2.75, 3.05) is 46.0 Å². The van der Waals surface area contributed by atoms with Crippen molar-refractivity contribution < 1.29 is 13.2 Å². The summed E-state index contributed by atoms with van der Waals surface area (Å²) in [6, 6.07) is 0. The average Bonchev–Trinajstić information content (AvgIpc) is 2.36. The van der Waals surface area contributed by atoms with Gasteiger partial charge in [0.2, 0.25) is 15.9 Å². The summed E-state index contributed by atoms with van der Waals surface area (Å²) in [4.78, 5) is 16.6. The average molecular weight is 289 g/mol.